The van der Waals surface area contributed by atoms with Crippen LogP contribution in [-0.2, 0) is 25.5 Å². The van der Waals surface area contributed by atoms with Crippen molar-refractivity contribution in [1.29, 1.82) is 0 Å². The maximum absolute atomic E-state index is 12.2. The molecule has 0 radical (unpaired) electrons. The van der Waals surface area contributed by atoms with Crippen LogP contribution in [0.3, 0.4) is 0 Å². The van der Waals surface area contributed by atoms with Gasteiger partial charge in [0.15, 0.2) is 5.96 Å². The number of aromatic nitrogens is 2. The largest absolute Gasteiger partial charge is 0.467 e. The van der Waals surface area contributed by atoms with E-state index in [1.807, 2.05) is 6.92 Å². The summed E-state index contributed by atoms with van der Waals surface area (Å²) in [5, 5.41) is 12.6. The Morgan fingerprint density at radius 1 is 1.18 bits per heavy atom. The van der Waals surface area contributed by atoms with Crippen molar-refractivity contribution in [3.8, 4) is 11.5 Å². The first kappa shape index (κ1) is 25.1. The smallest absolute Gasteiger partial charge is 0.407 e. The third kappa shape index (κ3) is 8.47. The van der Waals surface area contributed by atoms with Crippen LogP contribution in [0.5, 0.6) is 0 Å². The number of aliphatic imine (C=N–C) groups is 1. The molecule has 0 aliphatic rings. The number of nitrogens with one attached hydrogen (secondary N) is 2. The molecule has 1 aromatic carbocycles. The van der Waals surface area contributed by atoms with Gasteiger partial charge in [0.1, 0.15) is 12.5 Å². The summed E-state index contributed by atoms with van der Waals surface area (Å²) in [6.45, 7) is 1.96. The lowest BCUT2D eigenvalue weighted by atomic mass is 10.2. The second-order valence-corrected chi connectivity index (χ2v) is 6.77. The number of amides is 2. The van der Waals surface area contributed by atoms with E-state index in [0.717, 1.165) is 6.42 Å². The van der Waals surface area contributed by atoms with E-state index in [1.165, 1.54) is 7.11 Å². The van der Waals surface area contributed by atoms with Crippen LogP contribution in [0.1, 0.15) is 25.7 Å². The molecule has 1 aromatic heterocycles. The summed E-state index contributed by atoms with van der Waals surface area (Å²) < 4.78 is 15.1. The molecule has 13 heteroatoms. The minimum atomic E-state index is -1.12. The Balaban J connectivity index is 1.90. The number of nitrogens with two attached hydrogens (primary N) is 2. The van der Waals surface area contributed by atoms with E-state index in [1.54, 1.807) is 24.3 Å². The molecule has 1 heterocycles. The van der Waals surface area contributed by atoms with Gasteiger partial charge in [-0.1, -0.05) is 13.3 Å². The molecule has 0 aliphatic heterocycles. The van der Waals surface area contributed by atoms with Crippen molar-refractivity contribution in [2.45, 2.75) is 32.2 Å². The quantitative estimate of drug-likeness (QED) is 0.157. The van der Waals surface area contributed by atoms with Crippen molar-refractivity contribution in [1.82, 2.24) is 20.8 Å². The van der Waals surface area contributed by atoms with Crippen molar-refractivity contribution < 1.29 is 28.3 Å². The lowest BCUT2D eigenvalue weighted by Crippen LogP contribution is -2.49. The lowest BCUT2D eigenvalue weighted by Gasteiger charge is -2.16. The van der Waals surface area contributed by atoms with Gasteiger partial charge in [0.2, 0.25) is 17.7 Å². The molecule has 0 saturated heterocycles. The zero-order valence-corrected chi connectivity index (χ0v) is 18.4. The number of nitrogens with zero attached hydrogens (tertiary/aromatic N) is 3. The maximum Gasteiger partial charge on any atom is 0.407 e. The summed E-state index contributed by atoms with van der Waals surface area (Å²) in [5.41, 5.74) is 11.8. The zero-order valence-electron chi connectivity index (χ0n) is 18.4. The number of carbonyl (C=O) groups is 3. The molecule has 2 rings (SSSR count). The average molecular weight is 461 g/mol. The standard InChI is InChI=1S/C20H27N7O6/c1-3-4-9-32-20(30)25-14(18(29)31-2)11-23-15(28)10-16-26-27-17(33-16)12-5-7-13(8-6-12)24-19(21)22/h5-8,14H,3-4,9-11H2,1-2H3,(H,23,28)(H,25,30)(H4,21,22,24). The predicted octanol–water partition coefficient (Wildman–Crippen LogP) is 0.368. The van der Waals surface area contributed by atoms with Crippen molar-refractivity contribution in [2.24, 2.45) is 16.5 Å². The summed E-state index contributed by atoms with van der Waals surface area (Å²) >= 11 is 0. The van der Waals surface area contributed by atoms with E-state index in [4.69, 9.17) is 20.6 Å². The van der Waals surface area contributed by atoms with Crippen LogP contribution in [-0.4, -0.2) is 60.4 Å². The van der Waals surface area contributed by atoms with E-state index in [0.29, 0.717) is 17.7 Å². The molecule has 2 amide bonds. The fraction of sp³-hybridized carbons (Fsp3) is 0.400. The molecule has 13 nitrogen and oxygen atoms in total. The van der Waals surface area contributed by atoms with Gasteiger partial charge in [0, 0.05) is 12.1 Å². The highest BCUT2D eigenvalue weighted by molar-refractivity contribution is 5.83. The van der Waals surface area contributed by atoms with Crippen LogP contribution in [0.2, 0.25) is 0 Å². The summed E-state index contributed by atoms with van der Waals surface area (Å²) in [7, 11) is 1.17. The number of ether oxygens (including phenoxy) is 2. The van der Waals surface area contributed by atoms with Crippen LogP contribution in [0.4, 0.5) is 10.5 Å². The van der Waals surface area contributed by atoms with Gasteiger partial charge in [-0.15, -0.1) is 10.2 Å². The number of alkyl carbamates (subject to hydrolysis) is 1. The third-order valence-corrected chi connectivity index (χ3v) is 4.16. The second kappa shape index (κ2) is 12.6. The van der Waals surface area contributed by atoms with Crippen LogP contribution >= 0.6 is 0 Å². The number of rotatable bonds is 11. The number of esters is 1. The fourth-order valence-electron chi connectivity index (χ4n) is 2.51. The Bertz CT molecular complexity index is 970. The van der Waals surface area contributed by atoms with Gasteiger partial charge in [-0.05, 0) is 30.7 Å². The SMILES string of the molecule is CCCCOC(=O)NC(CNC(=O)Cc1nnc(-c2ccc(N=C(N)N)cc2)o1)C(=O)OC. The summed E-state index contributed by atoms with van der Waals surface area (Å²) in [6.07, 6.45) is 0.540. The van der Waals surface area contributed by atoms with Gasteiger partial charge < -0.3 is 36.0 Å². The molecular formula is C20H27N7O6. The Labute approximate surface area is 189 Å². The summed E-state index contributed by atoms with van der Waals surface area (Å²) in [5.74, 6) is -1.02. The first-order chi connectivity index (χ1) is 15.8. The molecule has 1 atom stereocenters. The topological polar surface area (TPSA) is 197 Å². The van der Waals surface area contributed by atoms with Crippen molar-refractivity contribution in [2.75, 3.05) is 20.3 Å². The zero-order chi connectivity index (χ0) is 24.2. The molecule has 0 aliphatic carbocycles. The number of carbonyl (C=O) groups excluding carboxylic acids is 3. The summed E-state index contributed by atoms with van der Waals surface area (Å²) in [4.78, 5) is 39.8. The Morgan fingerprint density at radius 3 is 2.55 bits per heavy atom. The molecular weight excluding hydrogens is 434 g/mol. The van der Waals surface area contributed by atoms with E-state index in [2.05, 4.69) is 30.6 Å². The molecule has 2 aromatic rings. The second-order valence-electron chi connectivity index (χ2n) is 6.77. The number of unbranched alkanes of at least 4 members (excludes halogenated alkanes) is 1. The summed E-state index contributed by atoms with van der Waals surface area (Å²) in [6, 6.07) is 5.59. The maximum atomic E-state index is 12.2. The van der Waals surface area contributed by atoms with E-state index in [9.17, 15) is 14.4 Å². The van der Waals surface area contributed by atoms with E-state index < -0.39 is 24.0 Å². The van der Waals surface area contributed by atoms with Gasteiger partial charge in [-0.3, -0.25) is 4.79 Å². The third-order valence-electron chi connectivity index (χ3n) is 4.16. The lowest BCUT2D eigenvalue weighted by molar-refractivity contribution is -0.142. The van der Waals surface area contributed by atoms with Gasteiger partial charge in [0.05, 0.1) is 19.4 Å². The van der Waals surface area contributed by atoms with Crippen LogP contribution < -0.4 is 22.1 Å². The number of benzene rings is 1. The molecule has 0 fully saturated rings. The van der Waals surface area contributed by atoms with Gasteiger partial charge in [0.25, 0.3) is 0 Å². The minimum Gasteiger partial charge on any atom is -0.467 e. The Hall–Kier alpha value is -4.16. The average Bonchev–Trinajstić information content (AvgIpc) is 3.24. The minimum absolute atomic E-state index is 0.0631. The molecule has 1 unspecified atom stereocenters. The highest BCUT2D eigenvalue weighted by Gasteiger charge is 2.23. The predicted molar refractivity (Wildman–Crippen MR) is 117 cm³/mol. The Kier molecular flexibility index (Phi) is 9.61. The van der Waals surface area contributed by atoms with Crippen molar-refractivity contribution >= 4 is 29.6 Å². The van der Waals surface area contributed by atoms with Crippen molar-refractivity contribution in [3.63, 3.8) is 0 Å². The number of methoxy groups -OCH3 is 1. The van der Waals surface area contributed by atoms with Crippen LogP contribution in [0.25, 0.3) is 11.5 Å². The first-order valence-corrected chi connectivity index (χ1v) is 10.1. The van der Waals surface area contributed by atoms with Crippen LogP contribution in [0, 0.1) is 0 Å². The molecule has 178 valence electrons. The fourth-order valence-corrected chi connectivity index (χ4v) is 2.51. The monoisotopic (exact) mass is 461 g/mol. The highest BCUT2D eigenvalue weighted by Crippen LogP contribution is 2.21. The molecule has 0 spiro atoms. The van der Waals surface area contributed by atoms with Crippen LogP contribution in [0.15, 0.2) is 33.7 Å². The highest BCUT2D eigenvalue weighted by atomic mass is 16.6. The molecule has 0 bridgehead atoms. The normalized spacial score (nSPS) is 11.2. The molecule has 6 N–H and O–H groups in total. The molecule has 33 heavy (non-hydrogen) atoms. The number of hydrogen-bond donors (Lipinski definition) is 4. The van der Waals surface area contributed by atoms with Gasteiger partial charge in [-0.2, -0.15) is 0 Å². The van der Waals surface area contributed by atoms with E-state index >= 15 is 0 Å². The Morgan fingerprint density at radius 2 is 1.91 bits per heavy atom. The molecule has 0 saturated carbocycles. The van der Waals surface area contributed by atoms with Gasteiger partial charge in [-0.25, -0.2) is 14.6 Å². The first-order valence-electron chi connectivity index (χ1n) is 10.1. The number of guanidine groups is 1. The van der Waals surface area contributed by atoms with Crippen molar-refractivity contribution in [3.05, 3.63) is 30.2 Å². The van der Waals surface area contributed by atoms with Gasteiger partial charge >= 0.3 is 12.1 Å². The van der Waals surface area contributed by atoms with E-state index in [-0.39, 0.29) is 37.3 Å². The number of hydrogen-bond acceptors (Lipinski definition) is 9.